The standard InChI is InChI=1S/C17H20N4O4S/c1-24-12-4-2-10(3-5-12)14-8-13(15(26-14)21-16(18)22)25-17(23)20-11-6-7-19-9-11/h2-5,8,11,19H,6-7,9H2,1H3,(H,20,23)(H3,18,21,22)/t11-/m1/s1. The van der Waals surface area contributed by atoms with Gasteiger partial charge < -0.3 is 25.8 Å². The molecule has 0 unspecified atom stereocenters. The maximum atomic E-state index is 12.1. The van der Waals surface area contributed by atoms with E-state index >= 15 is 0 Å². The van der Waals surface area contributed by atoms with Gasteiger partial charge in [-0.05, 0) is 42.8 Å². The summed E-state index contributed by atoms with van der Waals surface area (Å²) in [6, 6.07) is 8.44. The van der Waals surface area contributed by atoms with E-state index < -0.39 is 12.1 Å². The van der Waals surface area contributed by atoms with Crippen LogP contribution in [0.4, 0.5) is 14.6 Å². The first kappa shape index (κ1) is 18.0. The highest BCUT2D eigenvalue weighted by molar-refractivity contribution is 7.20. The number of methoxy groups -OCH3 is 1. The quantitative estimate of drug-likeness (QED) is 0.640. The summed E-state index contributed by atoms with van der Waals surface area (Å²) in [5, 5.41) is 8.83. The largest absolute Gasteiger partial charge is 0.497 e. The van der Waals surface area contributed by atoms with Crippen LogP contribution in [0.1, 0.15) is 6.42 Å². The SMILES string of the molecule is COc1ccc(-c2cc(OC(=O)N[C@@H]3CCNC3)c(NC(N)=O)s2)cc1. The lowest BCUT2D eigenvalue weighted by Crippen LogP contribution is -2.38. The molecule has 0 radical (unpaired) electrons. The van der Waals surface area contributed by atoms with Crippen molar-refractivity contribution in [2.45, 2.75) is 12.5 Å². The zero-order valence-electron chi connectivity index (χ0n) is 14.2. The van der Waals surface area contributed by atoms with Crippen molar-refractivity contribution < 1.29 is 19.1 Å². The minimum atomic E-state index is -0.724. The molecule has 5 N–H and O–H groups in total. The molecule has 1 aliphatic rings. The number of rotatable bonds is 5. The highest BCUT2D eigenvalue weighted by atomic mass is 32.1. The lowest BCUT2D eigenvalue weighted by Gasteiger charge is -2.11. The molecule has 3 amide bonds. The Bertz CT molecular complexity index is 785. The molecule has 2 aromatic rings. The van der Waals surface area contributed by atoms with Crippen molar-refractivity contribution in [1.29, 1.82) is 0 Å². The third kappa shape index (κ3) is 4.44. The number of primary amides is 1. The first-order chi connectivity index (χ1) is 12.5. The van der Waals surface area contributed by atoms with Gasteiger partial charge in [-0.25, -0.2) is 9.59 Å². The van der Waals surface area contributed by atoms with Gasteiger partial charge in [0, 0.05) is 23.5 Å². The van der Waals surface area contributed by atoms with Crippen molar-refractivity contribution in [1.82, 2.24) is 10.6 Å². The van der Waals surface area contributed by atoms with Gasteiger partial charge in [-0.1, -0.05) is 0 Å². The zero-order valence-corrected chi connectivity index (χ0v) is 15.0. The van der Waals surface area contributed by atoms with Crippen LogP contribution in [0, 0.1) is 0 Å². The molecule has 1 aromatic heterocycles. The number of nitrogens with two attached hydrogens (primary N) is 1. The maximum Gasteiger partial charge on any atom is 0.412 e. The maximum absolute atomic E-state index is 12.1. The van der Waals surface area contributed by atoms with Crippen molar-refractivity contribution in [3.8, 4) is 21.9 Å². The van der Waals surface area contributed by atoms with Crippen molar-refractivity contribution in [3.05, 3.63) is 30.3 Å². The molecule has 26 heavy (non-hydrogen) atoms. The molecule has 0 spiro atoms. The van der Waals surface area contributed by atoms with Gasteiger partial charge in [0.1, 0.15) is 10.8 Å². The number of carbonyl (C=O) groups is 2. The summed E-state index contributed by atoms with van der Waals surface area (Å²) < 4.78 is 10.5. The van der Waals surface area contributed by atoms with E-state index in [9.17, 15) is 9.59 Å². The number of thiophene rings is 1. The third-order valence-corrected chi connectivity index (χ3v) is 4.98. The highest BCUT2D eigenvalue weighted by Crippen LogP contribution is 2.41. The van der Waals surface area contributed by atoms with Gasteiger partial charge in [-0.2, -0.15) is 0 Å². The molecule has 1 aromatic carbocycles. The van der Waals surface area contributed by atoms with Crippen LogP contribution in [-0.4, -0.2) is 38.4 Å². The van der Waals surface area contributed by atoms with Crippen molar-refractivity contribution in [3.63, 3.8) is 0 Å². The molecule has 1 atom stereocenters. The summed E-state index contributed by atoms with van der Waals surface area (Å²) in [5.41, 5.74) is 6.12. The number of anilines is 1. The first-order valence-electron chi connectivity index (χ1n) is 8.09. The van der Waals surface area contributed by atoms with E-state index in [1.54, 1.807) is 13.2 Å². The van der Waals surface area contributed by atoms with Crippen molar-refractivity contribution in [2.75, 3.05) is 25.5 Å². The minimum Gasteiger partial charge on any atom is -0.497 e. The third-order valence-electron chi connectivity index (χ3n) is 3.89. The molecule has 2 heterocycles. The van der Waals surface area contributed by atoms with Crippen LogP contribution in [0.5, 0.6) is 11.5 Å². The Balaban J connectivity index is 1.78. The number of carbonyl (C=O) groups excluding carboxylic acids is 2. The Kier molecular flexibility index (Phi) is 5.59. The predicted octanol–water partition coefficient (Wildman–Crippen LogP) is 2.36. The summed E-state index contributed by atoms with van der Waals surface area (Å²) in [7, 11) is 1.60. The number of ether oxygens (including phenoxy) is 2. The molecule has 1 fully saturated rings. The molecule has 1 aliphatic heterocycles. The zero-order chi connectivity index (χ0) is 18.5. The fraction of sp³-hybridized carbons (Fsp3) is 0.294. The van der Waals surface area contributed by atoms with E-state index in [1.165, 1.54) is 11.3 Å². The number of hydrogen-bond acceptors (Lipinski definition) is 6. The van der Waals surface area contributed by atoms with Crippen LogP contribution in [-0.2, 0) is 0 Å². The predicted molar refractivity (Wildman–Crippen MR) is 99.9 cm³/mol. The smallest absolute Gasteiger partial charge is 0.412 e. The Hall–Kier alpha value is -2.78. The fourth-order valence-electron chi connectivity index (χ4n) is 2.62. The second-order valence-electron chi connectivity index (χ2n) is 5.75. The fourth-order valence-corrected chi connectivity index (χ4v) is 3.61. The molecule has 3 rings (SSSR count). The van der Waals surface area contributed by atoms with Gasteiger partial charge in [-0.15, -0.1) is 11.3 Å². The second-order valence-corrected chi connectivity index (χ2v) is 6.80. The van der Waals surface area contributed by atoms with Gasteiger partial charge in [-0.3, -0.25) is 5.32 Å². The number of nitrogens with one attached hydrogen (secondary N) is 3. The molecule has 9 heteroatoms. The number of amides is 3. The average molecular weight is 376 g/mol. The monoisotopic (exact) mass is 376 g/mol. The van der Waals surface area contributed by atoms with Gasteiger partial charge in [0.25, 0.3) is 0 Å². The summed E-state index contributed by atoms with van der Waals surface area (Å²) in [6.45, 7) is 1.57. The topological polar surface area (TPSA) is 115 Å². The van der Waals surface area contributed by atoms with E-state index in [1.807, 2.05) is 24.3 Å². The van der Waals surface area contributed by atoms with E-state index in [2.05, 4.69) is 16.0 Å². The molecule has 138 valence electrons. The highest BCUT2D eigenvalue weighted by Gasteiger charge is 2.20. The number of benzene rings is 1. The first-order valence-corrected chi connectivity index (χ1v) is 8.90. The van der Waals surface area contributed by atoms with E-state index in [4.69, 9.17) is 15.2 Å². The summed E-state index contributed by atoms with van der Waals surface area (Å²) >= 11 is 1.27. The Morgan fingerprint density at radius 2 is 2.08 bits per heavy atom. The molecular formula is C17H20N4O4S. The van der Waals surface area contributed by atoms with Gasteiger partial charge in [0.05, 0.1) is 7.11 Å². The van der Waals surface area contributed by atoms with Gasteiger partial charge in [0.2, 0.25) is 0 Å². The Morgan fingerprint density at radius 1 is 1.31 bits per heavy atom. The Labute approximate surface area is 154 Å². The van der Waals surface area contributed by atoms with Crippen molar-refractivity contribution in [2.24, 2.45) is 5.73 Å². The van der Waals surface area contributed by atoms with E-state index in [0.29, 0.717) is 11.5 Å². The van der Waals surface area contributed by atoms with Crippen LogP contribution in [0.15, 0.2) is 30.3 Å². The number of hydrogen-bond donors (Lipinski definition) is 4. The minimum absolute atomic E-state index is 0.0368. The van der Waals surface area contributed by atoms with Crippen LogP contribution in [0.25, 0.3) is 10.4 Å². The van der Waals surface area contributed by atoms with Crippen LogP contribution < -0.4 is 31.2 Å². The average Bonchev–Trinajstić information content (AvgIpc) is 3.25. The van der Waals surface area contributed by atoms with Crippen LogP contribution in [0.2, 0.25) is 0 Å². The summed E-state index contributed by atoms with van der Waals surface area (Å²) in [4.78, 5) is 24.2. The molecule has 0 saturated carbocycles. The molecule has 8 nitrogen and oxygen atoms in total. The molecule has 1 saturated heterocycles. The van der Waals surface area contributed by atoms with E-state index in [0.717, 1.165) is 29.2 Å². The normalized spacial score (nSPS) is 16.1. The van der Waals surface area contributed by atoms with Crippen LogP contribution in [0.3, 0.4) is 0 Å². The lowest BCUT2D eigenvalue weighted by atomic mass is 10.2. The summed E-state index contributed by atoms with van der Waals surface area (Å²) in [6.07, 6.45) is 0.285. The molecule has 0 bridgehead atoms. The van der Waals surface area contributed by atoms with Gasteiger partial charge >= 0.3 is 12.1 Å². The Morgan fingerprint density at radius 3 is 2.69 bits per heavy atom. The van der Waals surface area contributed by atoms with Gasteiger partial charge in [0.15, 0.2) is 5.75 Å². The summed E-state index contributed by atoms with van der Waals surface area (Å²) in [5.74, 6) is 0.991. The molecular weight excluding hydrogens is 356 g/mol. The number of urea groups is 1. The molecule has 0 aliphatic carbocycles. The second kappa shape index (κ2) is 8.07. The van der Waals surface area contributed by atoms with E-state index in [-0.39, 0.29) is 11.8 Å². The van der Waals surface area contributed by atoms with Crippen molar-refractivity contribution >= 4 is 28.5 Å². The lowest BCUT2D eigenvalue weighted by molar-refractivity contribution is 0.197. The van der Waals surface area contributed by atoms with Crippen LogP contribution >= 0.6 is 11.3 Å².